The van der Waals surface area contributed by atoms with E-state index in [1.807, 2.05) is 12.1 Å². The van der Waals surface area contributed by atoms with Crippen molar-refractivity contribution in [3.05, 3.63) is 64.7 Å². The summed E-state index contributed by atoms with van der Waals surface area (Å²) in [6, 6.07) is 14.1. The molecule has 1 aliphatic rings. The van der Waals surface area contributed by atoms with Gasteiger partial charge < -0.3 is 15.4 Å². The van der Waals surface area contributed by atoms with E-state index in [0.29, 0.717) is 22.8 Å². The number of carbonyl (C=O) groups excluding carboxylic acids is 2. The summed E-state index contributed by atoms with van der Waals surface area (Å²) in [5, 5.41) is 6.33. The molecule has 0 aromatic heterocycles. The Bertz CT molecular complexity index is 771. The lowest BCUT2D eigenvalue weighted by Gasteiger charge is -2.14. The van der Waals surface area contributed by atoms with Crippen molar-refractivity contribution in [1.82, 2.24) is 5.32 Å². The fourth-order valence-electron chi connectivity index (χ4n) is 2.88. The lowest BCUT2D eigenvalue weighted by molar-refractivity contribution is -0.115. The van der Waals surface area contributed by atoms with Crippen LogP contribution in [0.25, 0.3) is 0 Å². The molecule has 26 heavy (non-hydrogen) atoms. The largest absolute Gasteiger partial charge is 0.376 e. The van der Waals surface area contributed by atoms with Crippen LogP contribution >= 0.6 is 11.6 Å². The Morgan fingerprint density at radius 3 is 2.62 bits per heavy atom. The van der Waals surface area contributed by atoms with Crippen LogP contribution in [0.3, 0.4) is 0 Å². The van der Waals surface area contributed by atoms with E-state index >= 15 is 0 Å². The topological polar surface area (TPSA) is 67.4 Å². The van der Waals surface area contributed by atoms with Gasteiger partial charge in [0.05, 0.1) is 23.8 Å². The number of para-hydroxylation sites is 1. The van der Waals surface area contributed by atoms with Crippen LogP contribution in [-0.4, -0.2) is 31.1 Å². The summed E-state index contributed by atoms with van der Waals surface area (Å²) in [6.07, 6.45) is 2.27. The Kier molecular flexibility index (Phi) is 6.26. The van der Waals surface area contributed by atoms with Crippen LogP contribution in [0.1, 0.15) is 28.8 Å². The molecule has 2 aromatic rings. The van der Waals surface area contributed by atoms with Gasteiger partial charge in [-0.2, -0.15) is 0 Å². The van der Waals surface area contributed by atoms with Crippen LogP contribution < -0.4 is 10.6 Å². The van der Waals surface area contributed by atoms with E-state index in [0.717, 1.165) is 25.0 Å². The smallest absolute Gasteiger partial charge is 0.253 e. The van der Waals surface area contributed by atoms with Gasteiger partial charge in [0.25, 0.3) is 5.91 Å². The quantitative estimate of drug-likeness (QED) is 0.816. The molecule has 2 N–H and O–H groups in total. The molecule has 136 valence electrons. The van der Waals surface area contributed by atoms with Crippen LogP contribution in [0.15, 0.2) is 48.5 Å². The molecule has 1 atom stereocenters. The molecule has 0 spiro atoms. The first-order chi connectivity index (χ1) is 12.6. The van der Waals surface area contributed by atoms with Gasteiger partial charge in [-0.05, 0) is 42.7 Å². The number of ether oxygens (including phenoxy) is 1. The minimum Gasteiger partial charge on any atom is -0.376 e. The number of hydrogen-bond donors (Lipinski definition) is 2. The summed E-state index contributed by atoms with van der Waals surface area (Å²) < 4.78 is 5.51. The minimum absolute atomic E-state index is 0.0746. The van der Waals surface area contributed by atoms with Crippen LogP contribution in [0.4, 0.5) is 5.69 Å². The van der Waals surface area contributed by atoms with Crippen LogP contribution in [-0.2, 0) is 16.0 Å². The molecule has 1 saturated heterocycles. The van der Waals surface area contributed by atoms with E-state index in [-0.39, 0.29) is 24.3 Å². The number of halogens is 1. The lowest BCUT2D eigenvalue weighted by Crippen LogP contribution is -2.32. The summed E-state index contributed by atoms with van der Waals surface area (Å²) in [7, 11) is 0. The van der Waals surface area contributed by atoms with Crippen LogP contribution in [0.2, 0.25) is 5.02 Å². The van der Waals surface area contributed by atoms with Gasteiger partial charge in [-0.3, -0.25) is 9.59 Å². The monoisotopic (exact) mass is 372 g/mol. The number of benzene rings is 2. The highest BCUT2D eigenvalue weighted by Gasteiger charge is 2.18. The molecule has 0 saturated carbocycles. The first kappa shape index (κ1) is 18.4. The third-order valence-electron chi connectivity index (χ3n) is 4.24. The predicted octanol–water partition coefficient (Wildman–Crippen LogP) is 3.43. The molecule has 6 heteroatoms. The van der Waals surface area contributed by atoms with Crippen molar-refractivity contribution in [3.8, 4) is 0 Å². The Hall–Kier alpha value is -2.37. The summed E-state index contributed by atoms with van der Waals surface area (Å²) in [4.78, 5) is 24.8. The SMILES string of the molecule is O=C(Cc1ccc(Cl)cc1)Nc1ccccc1C(=O)NC[C@H]1CCCO1. The van der Waals surface area contributed by atoms with Gasteiger partial charge in [-0.15, -0.1) is 0 Å². The zero-order valence-electron chi connectivity index (χ0n) is 14.3. The summed E-state index contributed by atoms with van der Waals surface area (Å²) in [5.74, 6) is -0.408. The molecule has 0 unspecified atom stereocenters. The van der Waals surface area contributed by atoms with Crippen LogP contribution in [0.5, 0.6) is 0 Å². The Morgan fingerprint density at radius 1 is 1.12 bits per heavy atom. The van der Waals surface area contributed by atoms with E-state index in [1.165, 1.54) is 0 Å². The fraction of sp³-hybridized carbons (Fsp3) is 0.300. The number of nitrogens with one attached hydrogen (secondary N) is 2. The molecular formula is C20H21ClN2O3. The number of amides is 2. The first-order valence-electron chi connectivity index (χ1n) is 8.65. The maximum absolute atomic E-state index is 12.5. The maximum Gasteiger partial charge on any atom is 0.253 e. The van der Waals surface area contributed by atoms with Gasteiger partial charge in [-0.1, -0.05) is 35.9 Å². The number of hydrogen-bond acceptors (Lipinski definition) is 3. The molecule has 2 amide bonds. The molecule has 3 rings (SSSR count). The minimum atomic E-state index is -0.220. The molecule has 1 fully saturated rings. The standard InChI is InChI=1S/C20H21ClN2O3/c21-15-9-7-14(8-10-15)12-19(24)23-18-6-2-1-5-17(18)20(25)22-13-16-4-3-11-26-16/h1-2,5-10,16H,3-4,11-13H2,(H,22,25)(H,23,24)/t16-/m1/s1. The van der Waals surface area contributed by atoms with Crippen molar-refractivity contribution in [2.75, 3.05) is 18.5 Å². The van der Waals surface area contributed by atoms with Gasteiger partial charge in [0.1, 0.15) is 0 Å². The average Bonchev–Trinajstić information content (AvgIpc) is 3.16. The van der Waals surface area contributed by atoms with Gasteiger partial charge in [0.2, 0.25) is 5.91 Å². The third-order valence-corrected chi connectivity index (χ3v) is 4.49. The summed E-state index contributed by atoms with van der Waals surface area (Å²) in [5.41, 5.74) is 1.79. The molecule has 2 aromatic carbocycles. The lowest BCUT2D eigenvalue weighted by atomic mass is 10.1. The van der Waals surface area contributed by atoms with Crippen molar-refractivity contribution in [3.63, 3.8) is 0 Å². The molecular weight excluding hydrogens is 352 g/mol. The zero-order valence-corrected chi connectivity index (χ0v) is 15.1. The average molecular weight is 373 g/mol. The van der Waals surface area contributed by atoms with Gasteiger partial charge in [0, 0.05) is 18.2 Å². The van der Waals surface area contributed by atoms with E-state index in [1.54, 1.807) is 36.4 Å². The third kappa shape index (κ3) is 5.07. The Balaban J connectivity index is 1.61. The van der Waals surface area contributed by atoms with Crippen molar-refractivity contribution >= 4 is 29.1 Å². The van der Waals surface area contributed by atoms with Crippen molar-refractivity contribution in [2.24, 2.45) is 0 Å². The molecule has 5 nitrogen and oxygen atoms in total. The summed E-state index contributed by atoms with van der Waals surface area (Å²) >= 11 is 5.86. The van der Waals surface area contributed by atoms with Crippen LogP contribution in [0, 0.1) is 0 Å². The van der Waals surface area contributed by atoms with Crippen molar-refractivity contribution in [2.45, 2.75) is 25.4 Å². The number of rotatable bonds is 6. The second kappa shape index (κ2) is 8.83. The number of carbonyl (C=O) groups is 2. The van der Waals surface area contributed by atoms with E-state index in [2.05, 4.69) is 10.6 Å². The van der Waals surface area contributed by atoms with Gasteiger partial charge >= 0.3 is 0 Å². The number of anilines is 1. The molecule has 0 radical (unpaired) electrons. The molecule has 0 aliphatic carbocycles. The molecule has 0 bridgehead atoms. The summed E-state index contributed by atoms with van der Waals surface area (Å²) in [6.45, 7) is 1.23. The normalized spacial score (nSPS) is 16.3. The highest BCUT2D eigenvalue weighted by Crippen LogP contribution is 2.17. The second-order valence-electron chi connectivity index (χ2n) is 6.24. The first-order valence-corrected chi connectivity index (χ1v) is 9.03. The maximum atomic E-state index is 12.5. The predicted molar refractivity (Wildman–Crippen MR) is 102 cm³/mol. The van der Waals surface area contributed by atoms with E-state index in [9.17, 15) is 9.59 Å². The highest BCUT2D eigenvalue weighted by atomic mass is 35.5. The van der Waals surface area contributed by atoms with Crippen molar-refractivity contribution < 1.29 is 14.3 Å². The molecule has 1 heterocycles. The van der Waals surface area contributed by atoms with E-state index in [4.69, 9.17) is 16.3 Å². The Labute approximate surface area is 157 Å². The second-order valence-corrected chi connectivity index (χ2v) is 6.68. The van der Waals surface area contributed by atoms with Gasteiger partial charge in [0.15, 0.2) is 0 Å². The fourth-order valence-corrected chi connectivity index (χ4v) is 3.01. The Morgan fingerprint density at radius 2 is 1.88 bits per heavy atom. The molecule has 1 aliphatic heterocycles. The van der Waals surface area contributed by atoms with Crippen molar-refractivity contribution in [1.29, 1.82) is 0 Å². The van der Waals surface area contributed by atoms with Gasteiger partial charge in [-0.25, -0.2) is 0 Å². The highest BCUT2D eigenvalue weighted by molar-refractivity contribution is 6.30. The zero-order chi connectivity index (χ0) is 18.4. The van der Waals surface area contributed by atoms with E-state index < -0.39 is 0 Å².